The van der Waals surface area contributed by atoms with E-state index in [1.165, 1.54) is 6.07 Å². The third-order valence-electron chi connectivity index (χ3n) is 2.85. The maximum atomic E-state index is 12.1. The summed E-state index contributed by atoms with van der Waals surface area (Å²) in [5, 5.41) is 0. The van der Waals surface area contributed by atoms with Crippen LogP contribution >= 0.6 is 0 Å². The molecule has 17 heavy (non-hydrogen) atoms. The van der Waals surface area contributed by atoms with Gasteiger partial charge >= 0.3 is 0 Å². The van der Waals surface area contributed by atoms with Crippen LogP contribution < -0.4 is 11.3 Å². The standard InChI is InChI=1S/C14H16N2O/c1-3-12-8-11(15)9-14(17)16(12)13-7-5-4-6-10(13)2/h4-9H,3,15H2,1-2H3. The van der Waals surface area contributed by atoms with Crippen molar-refractivity contribution in [2.45, 2.75) is 20.3 Å². The van der Waals surface area contributed by atoms with Crippen LogP contribution in [-0.4, -0.2) is 4.57 Å². The number of hydrogen-bond acceptors (Lipinski definition) is 2. The van der Waals surface area contributed by atoms with Gasteiger partial charge in [-0.25, -0.2) is 0 Å². The van der Waals surface area contributed by atoms with Crippen molar-refractivity contribution in [1.29, 1.82) is 0 Å². The van der Waals surface area contributed by atoms with Crippen molar-refractivity contribution >= 4 is 5.69 Å². The van der Waals surface area contributed by atoms with Crippen LogP contribution in [0.4, 0.5) is 5.69 Å². The monoisotopic (exact) mass is 228 g/mol. The maximum absolute atomic E-state index is 12.1. The first kappa shape index (κ1) is 11.5. The molecule has 2 N–H and O–H groups in total. The molecule has 3 heteroatoms. The van der Waals surface area contributed by atoms with E-state index in [-0.39, 0.29) is 5.56 Å². The Hall–Kier alpha value is -2.03. The Bertz CT molecular complexity index is 599. The third-order valence-corrected chi connectivity index (χ3v) is 2.85. The van der Waals surface area contributed by atoms with Crippen molar-refractivity contribution < 1.29 is 0 Å². The molecule has 88 valence electrons. The first-order valence-corrected chi connectivity index (χ1v) is 5.71. The molecule has 3 nitrogen and oxygen atoms in total. The fourth-order valence-electron chi connectivity index (χ4n) is 2.00. The minimum absolute atomic E-state index is 0.0730. The first-order valence-electron chi connectivity index (χ1n) is 5.71. The predicted octanol–water partition coefficient (Wildman–Crippen LogP) is 2.29. The van der Waals surface area contributed by atoms with Crippen LogP contribution in [0.1, 0.15) is 18.2 Å². The molecule has 0 aliphatic carbocycles. The van der Waals surface area contributed by atoms with Crippen molar-refractivity contribution in [2.75, 3.05) is 5.73 Å². The summed E-state index contributed by atoms with van der Waals surface area (Å²) in [6.07, 6.45) is 0.772. The van der Waals surface area contributed by atoms with Crippen molar-refractivity contribution in [2.24, 2.45) is 0 Å². The minimum Gasteiger partial charge on any atom is -0.399 e. The van der Waals surface area contributed by atoms with Crippen LogP contribution in [0.3, 0.4) is 0 Å². The van der Waals surface area contributed by atoms with E-state index in [0.717, 1.165) is 23.4 Å². The van der Waals surface area contributed by atoms with Crippen molar-refractivity contribution in [3.8, 4) is 5.69 Å². The van der Waals surface area contributed by atoms with Crippen LogP contribution in [0.2, 0.25) is 0 Å². The predicted molar refractivity (Wildman–Crippen MR) is 70.6 cm³/mol. The fourth-order valence-corrected chi connectivity index (χ4v) is 2.00. The summed E-state index contributed by atoms with van der Waals surface area (Å²) in [6.45, 7) is 4.01. The van der Waals surface area contributed by atoms with Gasteiger partial charge < -0.3 is 5.73 Å². The van der Waals surface area contributed by atoms with E-state index in [4.69, 9.17) is 5.73 Å². The number of hydrogen-bond donors (Lipinski definition) is 1. The molecule has 0 aliphatic rings. The number of rotatable bonds is 2. The minimum atomic E-state index is -0.0730. The largest absolute Gasteiger partial charge is 0.399 e. The molecule has 1 aromatic heterocycles. The summed E-state index contributed by atoms with van der Waals surface area (Å²) < 4.78 is 1.73. The Kier molecular flexibility index (Phi) is 3.00. The highest BCUT2D eigenvalue weighted by Gasteiger charge is 2.08. The molecule has 2 rings (SSSR count). The lowest BCUT2D eigenvalue weighted by Gasteiger charge is -2.14. The van der Waals surface area contributed by atoms with Crippen molar-refractivity contribution in [1.82, 2.24) is 4.57 Å². The summed E-state index contributed by atoms with van der Waals surface area (Å²) in [6, 6.07) is 11.2. The molecule has 0 bridgehead atoms. The molecular weight excluding hydrogens is 212 g/mol. The highest BCUT2D eigenvalue weighted by Crippen LogP contribution is 2.15. The number of nitrogens with two attached hydrogens (primary N) is 1. The van der Waals surface area contributed by atoms with E-state index < -0.39 is 0 Å². The van der Waals surface area contributed by atoms with Gasteiger partial charge in [-0.15, -0.1) is 0 Å². The lowest BCUT2D eigenvalue weighted by Crippen LogP contribution is -2.22. The van der Waals surface area contributed by atoms with Crippen LogP contribution in [-0.2, 0) is 6.42 Å². The summed E-state index contributed by atoms with van der Waals surface area (Å²) in [5.74, 6) is 0. The summed E-state index contributed by atoms with van der Waals surface area (Å²) in [5.41, 5.74) is 9.10. The van der Waals surface area contributed by atoms with Crippen molar-refractivity contribution in [3.63, 3.8) is 0 Å². The second-order valence-electron chi connectivity index (χ2n) is 4.09. The van der Waals surface area contributed by atoms with Gasteiger partial charge in [0.1, 0.15) is 0 Å². The summed E-state index contributed by atoms with van der Waals surface area (Å²) in [7, 11) is 0. The molecular formula is C14H16N2O. The Morgan fingerprint density at radius 1 is 1.24 bits per heavy atom. The molecule has 0 amide bonds. The van der Waals surface area contributed by atoms with Crippen LogP contribution in [0.15, 0.2) is 41.2 Å². The lowest BCUT2D eigenvalue weighted by atomic mass is 10.1. The molecule has 0 unspecified atom stereocenters. The normalized spacial score (nSPS) is 10.5. The summed E-state index contributed by atoms with van der Waals surface area (Å²) >= 11 is 0. The molecule has 0 fully saturated rings. The maximum Gasteiger partial charge on any atom is 0.257 e. The SMILES string of the molecule is CCc1cc(N)cc(=O)n1-c1ccccc1C. The Morgan fingerprint density at radius 3 is 2.59 bits per heavy atom. The number of anilines is 1. The molecule has 0 aliphatic heterocycles. The highest BCUT2D eigenvalue weighted by molar-refractivity contribution is 5.46. The van der Waals surface area contributed by atoms with Crippen LogP contribution in [0.5, 0.6) is 0 Å². The first-order chi connectivity index (χ1) is 8.13. The number of nitrogen functional groups attached to an aromatic ring is 1. The third kappa shape index (κ3) is 2.09. The molecule has 1 aromatic carbocycles. The van der Waals surface area contributed by atoms with Gasteiger partial charge in [0, 0.05) is 17.4 Å². The van der Waals surface area contributed by atoms with Crippen LogP contribution in [0.25, 0.3) is 5.69 Å². The van der Waals surface area contributed by atoms with E-state index >= 15 is 0 Å². The zero-order chi connectivity index (χ0) is 12.4. The van der Waals surface area contributed by atoms with Gasteiger partial charge in [-0.1, -0.05) is 25.1 Å². The van der Waals surface area contributed by atoms with E-state index in [2.05, 4.69) is 0 Å². The quantitative estimate of drug-likeness (QED) is 0.857. The molecule has 0 spiro atoms. The van der Waals surface area contributed by atoms with Gasteiger partial charge in [0.25, 0.3) is 5.56 Å². The second kappa shape index (κ2) is 4.45. The number of benzene rings is 1. The van der Waals surface area contributed by atoms with E-state index in [1.54, 1.807) is 4.57 Å². The van der Waals surface area contributed by atoms with E-state index in [0.29, 0.717) is 5.69 Å². The lowest BCUT2D eigenvalue weighted by molar-refractivity contribution is 0.872. The van der Waals surface area contributed by atoms with Gasteiger partial charge in [0.05, 0.1) is 5.69 Å². The zero-order valence-electron chi connectivity index (χ0n) is 10.1. The smallest absolute Gasteiger partial charge is 0.257 e. The Balaban J connectivity index is 2.76. The van der Waals surface area contributed by atoms with Gasteiger partial charge in [-0.2, -0.15) is 0 Å². The van der Waals surface area contributed by atoms with Gasteiger partial charge in [0.15, 0.2) is 0 Å². The highest BCUT2D eigenvalue weighted by atomic mass is 16.1. The average molecular weight is 228 g/mol. The van der Waals surface area contributed by atoms with E-state index in [9.17, 15) is 4.79 Å². The molecule has 0 radical (unpaired) electrons. The Morgan fingerprint density at radius 2 is 1.94 bits per heavy atom. The molecule has 1 heterocycles. The topological polar surface area (TPSA) is 48.0 Å². The van der Waals surface area contributed by atoms with Gasteiger partial charge in [0.2, 0.25) is 0 Å². The molecule has 2 aromatic rings. The van der Waals surface area contributed by atoms with E-state index in [1.807, 2.05) is 44.2 Å². The van der Waals surface area contributed by atoms with Crippen LogP contribution in [0, 0.1) is 6.92 Å². The molecule has 0 atom stereocenters. The average Bonchev–Trinajstić information content (AvgIpc) is 2.29. The molecule has 0 saturated carbocycles. The number of para-hydroxylation sites is 1. The van der Waals surface area contributed by atoms with Gasteiger partial charge in [-0.05, 0) is 31.0 Å². The number of nitrogens with zero attached hydrogens (tertiary/aromatic N) is 1. The summed E-state index contributed by atoms with van der Waals surface area (Å²) in [4.78, 5) is 12.1. The Labute approximate surface area is 101 Å². The molecule has 0 saturated heterocycles. The zero-order valence-corrected chi connectivity index (χ0v) is 10.1. The number of pyridine rings is 1. The number of aromatic nitrogens is 1. The van der Waals surface area contributed by atoms with Gasteiger partial charge in [-0.3, -0.25) is 9.36 Å². The second-order valence-corrected chi connectivity index (χ2v) is 4.09. The number of aryl methyl sites for hydroxylation is 2. The fraction of sp³-hybridized carbons (Fsp3) is 0.214. The van der Waals surface area contributed by atoms with Crippen molar-refractivity contribution in [3.05, 3.63) is 58.0 Å².